The lowest BCUT2D eigenvalue weighted by Gasteiger charge is -2.14. The second-order valence-corrected chi connectivity index (χ2v) is 6.32. The quantitative estimate of drug-likeness (QED) is 0.769. The molecule has 1 aliphatic rings. The molecule has 0 radical (unpaired) electrons. The molecule has 0 atom stereocenters. The van der Waals surface area contributed by atoms with Crippen LogP contribution in [0.25, 0.3) is 0 Å². The lowest BCUT2D eigenvalue weighted by atomic mass is 9.98. The van der Waals surface area contributed by atoms with E-state index in [1.807, 2.05) is 29.1 Å². The van der Waals surface area contributed by atoms with Gasteiger partial charge in [-0.25, -0.2) is 4.79 Å². The molecule has 1 aromatic heterocycles. The standard InChI is InChI=1S/C19H26N4O/c24-19(20-12-6-9-16-7-2-1-3-8-16)21-13-14-23-18-11-5-4-10-17(18)15-22-23/h1-3,7-8,15H,4-6,9-14H2,(H2,20,21,24). The number of nitrogens with zero attached hydrogens (tertiary/aromatic N) is 2. The molecule has 0 saturated carbocycles. The first-order chi connectivity index (χ1) is 11.8. The third-order valence-corrected chi connectivity index (χ3v) is 4.52. The Kier molecular flexibility index (Phi) is 5.88. The van der Waals surface area contributed by atoms with Gasteiger partial charge in [0.2, 0.25) is 0 Å². The number of amides is 2. The Labute approximate surface area is 143 Å². The maximum Gasteiger partial charge on any atom is 0.314 e. The number of hydrogen-bond donors (Lipinski definition) is 2. The zero-order chi connectivity index (χ0) is 16.6. The van der Waals surface area contributed by atoms with E-state index in [1.54, 1.807) is 0 Å². The molecule has 0 bridgehead atoms. The second-order valence-electron chi connectivity index (χ2n) is 6.32. The van der Waals surface area contributed by atoms with Crippen LogP contribution >= 0.6 is 0 Å². The van der Waals surface area contributed by atoms with Gasteiger partial charge in [-0.2, -0.15) is 5.10 Å². The maximum absolute atomic E-state index is 11.8. The van der Waals surface area contributed by atoms with Crippen molar-refractivity contribution in [3.63, 3.8) is 0 Å². The molecule has 0 spiro atoms. The first kappa shape index (κ1) is 16.6. The van der Waals surface area contributed by atoms with E-state index >= 15 is 0 Å². The van der Waals surface area contributed by atoms with Gasteiger partial charge in [-0.3, -0.25) is 4.68 Å². The van der Waals surface area contributed by atoms with Crippen LogP contribution in [0.1, 0.15) is 36.1 Å². The average molecular weight is 326 g/mol. The second kappa shape index (κ2) is 8.52. The molecule has 24 heavy (non-hydrogen) atoms. The van der Waals surface area contributed by atoms with Crippen LogP contribution in [0.5, 0.6) is 0 Å². The summed E-state index contributed by atoms with van der Waals surface area (Å²) in [4.78, 5) is 11.8. The van der Waals surface area contributed by atoms with Crippen LogP contribution in [0.2, 0.25) is 0 Å². The summed E-state index contributed by atoms with van der Waals surface area (Å²) in [5, 5.41) is 10.3. The summed E-state index contributed by atoms with van der Waals surface area (Å²) in [6.07, 6.45) is 8.69. The molecule has 0 unspecified atom stereocenters. The normalized spacial score (nSPS) is 13.3. The fourth-order valence-electron chi connectivity index (χ4n) is 3.23. The van der Waals surface area contributed by atoms with Crippen molar-refractivity contribution >= 4 is 6.03 Å². The number of fused-ring (bicyclic) bond motifs is 1. The predicted molar refractivity (Wildman–Crippen MR) is 95.0 cm³/mol. The predicted octanol–water partition coefficient (Wildman–Crippen LogP) is 2.69. The van der Waals surface area contributed by atoms with Crippen molar-refractivity contribution in [2.24, 2.45) is 0 Å². The van der Waals surface area contributed by atoms with E-state index in [1.165, 1.54) is 29.7 Å². The van der Waals surface area contributed by atoms with Crippen LogP contribution in [0.4, 0.5) is 4.79 Å². The van der Waals surface area contributed by atoms with Gasteiger partial charge in [-0.15, -0.1) is 0 Å². The zero-order valence-corrected chi connectivity index (χ0v) is 14.1. The number of urea groups is 1. The molecule has 2 amide bonds. The Balaban J connectivity index is 1.31. The summed E-state index contributed by atoms with van der Waals surface area (Å²) in [6, 6.07) is 10.2. The Morgan fingerprint density at radius 1 is 1.08 bits per heavy atom. The molecule has 0 fully saturated rings. The van der Waals surface area contributed by atoms with Gasteiger partial charge in [0.15, 0.2) is 0 Å². The number of rotatable bonds is 7. The number of hydrogen-bond acceptors (Lipinski definition) is 2. The van der Waals surface area contributed by atoms with Crippen LogP contribution in [0, 0.1) is 0 Å². The van der Waals surface area contributed by atoms with E-state index in [9.17, 15) is 4.79 Å². The molecule has 2 aromatic rings. The minimum atomic E-state index is -0.0934. The summed E-state index contributed by atoms with van der Waals surface area (Å²) in [7, 11) is 0. The van der Waals surface area contributed by atoms with Gasteiger partial charge < -0.3 is 10.6 Å². The first-order valence-corrected chi connectivity index (χ1v) is 8.92. The summed E-state index contributed by atoms with van der Waals surface area (Å²) in [5.74, 6) is 0. The summed E-state index contributed by atoms with van der Waals surface area (Å²) < 4.78 is 2.05. The lowest BCUT2D eigenvalue weighted by Crippen LogP contribution is -2.38. The SMILES string of the molecule is O=C(NCCCc1ccccc1)NCCn1ncc2c1CCCC2. The molecule has 3 rings (SSSR count). The largest absolute Gasteiger partial charge is 0.338 e. The summed E-state index contributed by atoms with van der Waals surface area (Å²) >= 11 is 0. The maximum atomic E-state index is 11.8. The smallest absolute Gasteiger partial charge is 0.314 e. The third kappa shape index (κ3) is 4.60. The van der Waals surface area contributed by atoms with Crippen LogP contribution in [0.3, 0.4) is 0 Å². The Morgan fingerprint density at radius 3 is 2.75 bits per heavy atom. The van der Waals surface area contributed by atoms with Crippen LogP contribution in [0.15, 0.2) is 36.5 Å². The van der Waals surface area contributed by atoms with Crippen molar-refractivity contribution in [3.8, 4) is 0 Å². The highest BCUT2D eigenvalue weighted by atomic mass is 16.2. The fraction of sp³-hybridized carbons (Fsp3) is 0.474. The first-order valence-electron chi connectivity index (χ1n) is 8.92. The number of aryl methyl sites for hydroxylation is 2. The number of carbonyl (C=O) groups excluding carboxylic acids is 1. The molecule has 5 heteroatoms. The van der Waals surface area contributed by atoms with Gasteiger partial charge in [0.1, 0.15) is 0 Å². The van der Waals surface area contributed by atoms with Gasteiger partial charge in [0.25, 0.3) is 0 Å². The summed E-state index contributed by atoms with van der Waals surface area (Å²) in [5.41, 5.74) is 4.04. The molecule has 2 N–H and O–H groups in total. The van der Waals surface area contributed by atoms with Crippen molar-refractivity contribution in [3.05, 3.63) is 53.3 Å². The Bertz CT molecular complexity index is 651. The van der Waals surface area contributed by atoms with Crippen LogP contribution in [-0.2, 0) is 25.8 Å². The van der Waals surface area contributed by atoms with E-state index < -0.39 is 0 Å². The Morgan fingerprint density at radius 2 is 1.88 bits per heavy atom. The molecule has 5 nitrogen and oxygen atoms in total. The average Bonchev–Trinajstić information content (AvgIpc) is 3.03. The monoisotopic (exact) mass is 326 g/mol. The number of nitrogens with one attached hydrogen (secondary N) is 2. The highest BCUT2D eigenvalue weighted by Gasteiger charge is 2.14. The van der Waals surface area contributed by atoms with Crippen molar-refractivity contribution in [1.29, 1.82) is 0 Å². The minimum Gasteiger partial charge on any atom is -0.338 e. The van der Waals surface area contributed by atoms with Crippen LogP contribution < -0.4 is 10.6 Å². The molecule has 0 saturated heterocycles. The van der Waals surface area contributed by atoms with Gasteiger partial charge in [0, 0.05) is 18.8 Å². The minimum absolute atomic E-state index is 0.0934. The van der Waals surface area contributed by atoms with Gasteiger partial charge in [0.05, 0.1) is 12.7 Å². The zero-order valence-electron chi connectivity index (χ0n) is 14.1. The lowest BCUT2D eigenvalue weighted by molar-refractivity contribution is 0.240. The van der Waals surface area contributed by atoms with Crippen LogP contribution in [-0.4, -0.2) is 28.9 Å². The number of aromatic nitrogens is 2. The van der Waals surface area contributed by atoms with E-state index in [0.29, 0.717) is 13.1 Å². The molecule has 1 heterocycles. The summed E-state index contributed by atoms with van der Waals surface area (Å²) in [6.45, 7) is 2.04. The number of carbonyl (C=O) groups is 1. The van der Waals surface area contributed by atoms with Crippen molar-refractivity contribution < 1.29 is 4.79 Å². The Hall–Kier alpha value is -2.30. The molecule has 0 aliphatic heterocycles. The molecule has 1 aromatic carbocycles. The molecular weight excluding hydrogens is 300 g/mol. The highest BCUT2D eigenvalue weighted by molar-refractivity contribution is 5.73. The van der Waals surface area contributed by atoms with E-state index in [4.69, 9.17) is 0 Å². The van der Waals surface area contributed by atoms with E-state index in [2.05, 4.69) is 27.9 Å². The van der Waals surface area contributed by atoms with Crippen molar-refractivity contribution in [2.75, 3.05) is 13.1 Å². The van der Waals surface area contributed by atoms with Gasteiger partial charge in [-0.05, 0) is 49.7 Å². The molecule has 1 aliphatic carbocycles. The van der Waals surface area contributed by atoms with Crippen molar-refractivity contribution in [1.82, 2.24) is 20.4 Å². The van der Waals surface area contributed by atoms with Gasteiger partial charge >= 0.3 is 6.03 Å². The molecular formula is C19H26N4O. The number of benzene rings is 1. The van der Waals surface area contributed by atoms with E-state index in [0.717, 1.165) is 32.2 Å². The highest BCUT2D eigenvalue weighted by Crippen LogP contribution is 2.20. The van der Waals surface area contributed by atoms with E-state index in [-0.39, 0.29) is 6.03 Å². The topological polar surface area (TPSA) is 59.0 Å². The van der Waals surface area contributed by atoms with Crippen molar-refractivity contribution in [2.45, 2.75) is 45.1 Å². The third-order valence-electron chi connectivity index (χ3n) is 4.52. The fourth-order valence-corrected chi connectivity index (χ4v) is 3.23. The van der Waals surface area contributed by atoms with Gasteiger partial charge in [-0.1, -0.05) is 30.3 Å². The molecule has 128 valence electrons.